The molecule has 1 aromatic heterocycles. The lowest BCUT2D eigenvalue weighted by Crippen LogP contribution is -2.40. The zero-order chi connectivity index (χ0) is 25.7. The highest BCUT2D eigenvalue weighted by molar-refractivity contribution is 7.89. The van der Waals surface area contributed by atoms with Crippen LogP contribution < -0.4 is 5.32 Å². The van der Waals surface area contributed by atoms with Crippen LogP contribution in [0.5, 0.6) is 0 Å². The number of anilines is 1. The highest BCUT2D eigenvalue weighted by atomic mass is 32.2. The van der Waals surface area contributed by atoms with Crippen molar-refractivity contribution in [2.24, 2.45) is 0 Å². The van der Waals surface area contributed by atoms with Crippen molar-refractivity contribution in [3.63, 3.8) is 0 Å². The molecule has 0 unspecified atom stereocenters. The van der Waals surface area contributed by atoms with Gasteiger partial charge in [-0.1, -0.05) is 31.2 Å². The third-order valence-corrected chi connectivity index (χ3v) is 8.70. The molecule has 0 atom stereocenters. The van der Waals surface area contributed by atoms with Crippen molar-refractivity contribution in [3.8, 4) is 11.1 Å². The number of esters is 1. The van der Waals surface area contributed by atoms with E-state index in [4.69, 9.17) is 9.47 Å². The average molecular weight is 529 g/mol. The number of amides is 1. The summed E-state index contributed by atoms with van der Waals surface area (Å²) in [6.45, 7) is 5.30. The normalized spacial score (nSPS) is 14.4. The number of thiophene rings is 1. The number of hydrogen-bond acceptors (Lipinski definition) is 7. The van der Waals surface area contributed by atoms with Gasteiger partial charge in [0.2, 0.25) is 10.0 Å². The fourth-order valence-electron chi connectivity index (χ4n) is 3.88. The number of hydrogen-bond donors (Lipinski definition) is 1. The lowest BCUT2D eigenvalue weighted by atomic mass is 10.0. The van der Waals surface area contributed by atoms with Crippen LogP contribution in [0.1, 0.15) is 40.1 Å². The van der Waals surface area contributed by atoms with Gasteiger partial charge < -0.3 is 14.8 Å². The zero-order valence-electron chi connectivity index (χ0n) is 20.2. The molecule has 1 amide bonds. The average Bonchev–Trinajstić information content (AvgIpc) is 3.33. The summed E-state index contributed by atoms with van der Waals surface area (Å²) in [6, 6.07) is 13.7. The van der Waals surface area contributed by atoms with Crippen molar-refractivity contribution in [2.45, 2.75) is 25.2 Å². The number of morpholine rings is 1. The molecule has 36 heavy (non-hydrogen) atoms. The minimum Gasteiger partial charge on any atom is -0.462 e. The maximum atomic E-state index is 13.0. The van der Waals surface area contributed by atoms with E-state index in [1.54, 1.807) is 6.92 Å². The van der Waals surface area contributed by atoms with Crippen LogP contribution in [0.3, 0.4) is 0 Å². The number of ether oxygens (including phenoxy) is 2. The molecule has 3 aromatic rings. The largest absolute Gasteiger partial charge is 0.462 e. The molecule has 0 bridgehead atoms. The van der Waals surface area contributed by atoms with Crippen LogP contribution in [-0.4, -0.2) is 57.5 Å². The first kappa shape index (κ1) is 26.0. The quantitative estimate of drug-likeness (QED) is 0.434. The standard InChI is InChI=1S/C26H28N2O6S2/c1-3-18-5-7-19(8-6-18)22-17-35-25(23(22)26(30)34-4-2)27-24(29)20-9-11-21(12-10-20)36(31,32)28-13-15-33-16-14-28/h5-12,17H,3-4,13-16H2,1-2H3,(H,27,29). The van der Waals surface area contributed by atoms with Gasteiger partial charge in [0, 0.05) is 29.6 Å². The van der Waals surface area contributed by atoms with Crippen LogP contribution in [0.2, 0.25) is 0 Å². The van der Waals surface area contributed by atoms with Gasteiger partial charge in [0.25, 0.3) is 5.91 Å². The van der Waals surface area contributed by atoms with Crippen LogP contribution >= 0.6 is 11.3 Å². The molecule has 10 heteroatoms. The Hall–Kier alpha value is -3.05. The molecular formula is C26H28N2O6S2. The molecule has 1 aliphatic heterocycles. The Morgan fingerprint density at radius 1 is 1.03 bits per heavy atom. The fourth-order valence-corrected chi connectivity index (χ4v) is 6.24. The van der Waals surface area contributed by atoms with Gasteiger partial charge in [0.15, 0.2) is 0 Å². The van der Waals surface area contributed by atoms with E-state index < -0.39 is 21.9 Å². The summed E-state index contributed by atoms with van der Waals surface area (Å²) in [5.41, 5.74) is 3.28. The lowest BCUT2D eigenvalue weighted by molar-refractivity contribution is 0.0529. The van der Waals surface area contributed by atoms with Gasteiger partial charge in [-0.2, -0.15) is 4.31 Å². The summed E-state index contributed by atoms with van der Waals surface area (Å²) in [4.78, 5) is 25.9. The van der Waals surface area contributed by atoms with Crippen molar-refractivity contribution in [1.29, 1.82) is 0 Å². The van der Waals surface area contributed by atoms with Crippen molar-refractivity contribution in [2.75, 3.05) is 38.2 Å². The first-order valence-electron chi connectivity index (χ1n) is 11.7. The molecule has 1 saturated heterocycles. The maximum absolute atomic E-state index is 13.0. The highest BCUT2D eigenvalue weighted by Gasteiger charge is 2.27. The van der Waals surface area contributed by atoms with Gasteiger partial charge >= 0.3 is 5.97 Å². The molecule has 1 fully saturated rings. The number of rotatable bonds is 8. The minimum absolute atomic E-state index is 0.113. The summed E-state index contributed by atoms with van der Waals surface area (Å²) in [7, 11) is -3.66. The predicted octanol–water partition coefficient (Wildman–Crippen LogP) is 4.43. The molecule has 190 valence electrons. The van der Waals surface area contributed by atoms with Crippen molar-refractivity contribution >= 4 is 38.2 Å². The molecule has 4 rings (SSSR count). The second-order valence-corrected chi connectivity index (χ2v) is 10.9. The molecule has 0 spiro atoms. The first-order valence-corrected chi connectivity index (χ1v) is 14.0. The SMILES string of the molecule is CCOC(=O)c1c(-c2ccc(CC)cc2)csc1NC(=O)c1ccc(S(=O)(=O)N2CCOCC2)cc1. The molecule has 2 aromatic carbocycles. The summed E-state index contributed by atoms with van der Waals surface area (Å²) in [5, 5.41) is 5.00. The molecule has 1 aliphatic rings. The van der Waals surface area contributed by atoms with Gasteiger partial charge in [-0.25, -0.2) is 13.2 Å². The Labute approximate surface area is 214 Å². The van der Waals surface area contributed by atoms with E-state index in [1.807, 2.05) is 29.6 Å². The number of nitrogens with zero attached hydrogens (tertiary/aromatic N) is 1. The fraction of sp³-hybridized carbons (Fsp3) is 0.308. The van der Waals surface area contributed by atoms with Gasteiger partial charge in [0.05, 0.1) is 24.7 Å². The Morgan fingerprint density at radius 2 is 1.69 bits per heavy atom. The van der Waals surface area contributed by atoms with E-state index in [0.717, 1.165) is 12.0 Å². The van der Waals surface area contributed by atoms with Crippen LogP contribution in [-0.2, 0) is 25.9 Å². The van der Waals surface area contributed by atoms with Crippen LogP contribution in [0, 0.1) is 0 Å². The smallest absolute Gasteiger partial charge is 0.341 e. The van der Waals surface area contributed by atoms with Gasteiger partial charge in [-0.05, 0) is 48.7 Å². The van der Waals surface area contributed by atoms with E-state index in [1.165, 1.54) is 45.5 Å². The number of benzene rings is 2. The summed E-state index contributed by atoms with van der Waals surface area (Å²) >= 11 is 1.24. The van der Waals surface area contributed by atoms with E-state index >= 15 is 0 Å². The maximum Gasteiger partial charge on any atom is 0.341 e. The summed E-state index contributed by atoms with van der Waals surface area (Å²) in [6.07, 6.45) is 0.905. The number of aryl methyl sites for hydroxylation is 1. The topological polar surface area (TPSA) is 102 Å². The Bertz CT molecular complexity index is 1330. The highest BCUT2D eigenvalue weighted by Crippen LogP contribution is 2.36. The third-order valence-electron chi connectivity index (χ3n) is 5.90. The van der Waals surface area contributed by atoms with Crippen molar-refractivity contribution in [3.05, 3.63) is 70.6 Å². The second-order valence-electron chi connectivity index (χ2n) is 8.12. The van der Waals surface area contributed by atoms with E-state index in [2.05, 4.69) is 12.2 Å². The van der Waals surface area contributed by atoms with E-state index in [-0.39, 0.29) is 17.1 Å². The molecule has 0 saturated carbocycles. The third kappa shape index (κ3) is 5.52. The second kappa shape index (κ2) is 11.3. The molecule has 0 radical (unpaired) electrons. The number of sulfonamides is 1. The van der Waals surface area contributed by atoms with Gasteiger partial charge in [-0.15, -0.1) is 11.3 Å². The molecule has 2 heterocycles. The molecule has 0 aliphatic carbocycles. The van der Waals surface area contributed by atoms with Crippen LogP contribution in [0.4, 0.5) is 5.00 Å². The zero-order valence-corrected chi connectivity index (χ0v) is 21.8. The van der Waals surface area contributed by atoms with Crippen molar-refractivity contribution < 1.29 is 27.5 Å². The number of carbonyl (C=O) groups excluding carboxylic acids is 2. The number of carbonyl (C=O) groups is 2. The molecule has 1 N–H and O–H groups in total. The minimum atomic E-state index is -3.66. The van der Waals surface area contributed by atoms with E-state index in [0.29, 0.717) is 42.4 Å². The first-order chi connectivity index (χ1) is 17.3. The van der Waals surface area contributed by atoms with Gasteiger partial charge in [0.1, 0.15) is 10.6 Å². The van der Waals surface area contributed by atoms with Gasteiger partial charge in [-0.3, -0.25) is 4.79 Å². The predicted molar refractivity (Wildman–Crippen MR) is 139 cm³/mol. The molecular weight excluding hydrogens is 500 g/mol. The monoisotopic (exact) mass is 528 g/mol. The Kier molecular flexibility index (Phi) is 8.20. The van der Waals surface area contributed by atoms with Crippen LogP contribution in [0.15, 0.2) is 58.8 Å². The molecule has 8 nitrogen and oxygen atoms in total. The van der Waals surface area contributed by atoms with Crippen molar-refractivity contribution in [1.82, 2.24) is 4.31 Å². The Morgan fingerprint density at radius 3 is 2.31 bits per heavy atom. The van der Waals surface area contributed by atoms with E-state index in [9.17, 15) is 18.0 Å². The van der Waals surface area contributed by atoms with Crippen LogP contribution in [0.25, 0.3) is 11.1 Å². The Balaban J connectivity index is 1.57. The number of nitrogens with one attached hydrogen (secondary N) is 1. The summed E-state index contributed by atoms with van der Waals surface area (Å²) < 4.78 is 37.5. The lowest BCUT2D eigenvalue weighted by Gasteiger charge is -2.26. The summed E-state index contributed by atoms with van der Waals surface area (Å²) in [5.74, 6) is -0.971.